The van der Waals surface area contributed by atoms with Crippen LogP contribution in [0.3, 0.4) is 0 Å². The van der Waals surface area contributed by atoms with Gasteiger partial charge in [0.25, 0.3) is 0 Å². The summed E-state index contributed by atoms with van der Waals surface area (Å²) in [7, 11) is 0. The second-order valence-corrected chi connectivity index (χ2v) is 5.85. The molecule has 0 spiro atoms. The smallest absolute Gasteiger partial charge is 0.231 e. The fourth-order valence-electron chi connectivity index (χ4n) is 3.22. The zero-order chi connectivity index (χ0) is 13.9. The first-order chi connectivity index (χ1) is 9.76. The zero-order valence-corrected chi connectivity index (χ0v) is 12.0. The van der Waals surface area contributed by atoms with Gasteiger partial charge in [0.15, 0.2) is 11.5 Å². The van der Waals surface area contributed by atoms with Crippen molar-refractivity contribution in [1.29, 1.82) is 0 Å². The Labute approximate surface area is 120 Å². The first-order valence-corrected chi connectivity index (χ1v) is 7.61. The fourth-order valence-corrected chi connectivity index (χ4v) is 3.22. The average molecular weight is 277 g/mol. The molecule has 1 fully saturated rings. The van der Waals surface area contributed by atoms with Gasteiger partial charge in [0.1, 0.15) is 5.75 Å². The van der Waals surface area contributed by atoms with E-state index in [1.807, 2.05) is 6.07 Å². The third-order valence-corrected chi connectivity index (χ3v) is 4.52. The monoisotopic (exact) mass is 277 g/mol. The minimum atomic E-state index is 0.243. The Morgan fingerprint density at radius 3 is 2.85 bits per heavy atom. The molecule has 1 saturated carbocycles. The molecule has 0 radical (unpaired) electrons. The van der Waals surface area contributed by atoms with Gasteiger partial charge >= 0.3 is 0 Å². The predicted molar refractivity (Wildman–Crippen MR) is 77.1 cm³/mol. The lowest BCUT2D eigenvalue weighted by Crippen LogP contribution is -2.33. The summed E-state index contributed by atoms with van der Waals surface area (Å²) in [4.78, 5) is 0. The normalized spacial score (nSPS) is 24.9. The van der Waals surface area contributed by atoms with Crippen molar-refractivity contribution in [2.45, 2.75) is 51.6 Å². The number of fused-ring (bicyclic) bond motifs is 1. The summed E-state index contributed by atoms with van der Waals surface area (Å²) >= 11 is 0. The summed E-state index contributed by atoms with van der Waals surface area (Å²) in [6.45, 7) is 3.20. The van der Waals surface area contributed by atoms with E-state index in [9.17, 15) is 5.11 Å². The maximum absolute atomic E-state index is 10.0. The number of hydrogen-bond acceptors (Lipinski definition) is 4. The van der Waals surface area contributed by atoms with Crippen LogP contribution in [0.4, 0.5) is 0 Å². The number of phenolic OH excluding ortho intramolecular Hbond substituents is 1. The lowest BCUT2D eigenvalue weighted by molar-refractivity contribution is 0.174. The van der Waals surface area contributed by atoms with Crippen LogP contribution < -0.4 is 14.8 Å². The maximum Gasteiger partial charge on any atom is 0.231 e. The summed E-state index contributed by atoms with van der Waals surface area (Å²) in [5, 5.41) is 13.6. The number of aromatic hydroxyl groups is 1. The predicted octanol–water partition coefficient (Wildman–Crippen LogP) is 3.18. The van der Waals surface area contributed by atoms with Gasteiger partial charge < -0.3 is 19.9 Å². The molecule has 1 heterocycles. The van der Waals surface area contributed by atoms with Crippen molar-refractivity contribution in [2.24, 2.45) is 5.92 Å². The Morgan fingerprint density at radius 2 is 2.05 bits per heavy atom. The minimum absolute atomic E-state index is 0.243. The van der Waals surface area contributed by atoms with E-state index in [4.69, 9.17) is 9.47 Å². The van der Waals surface area contributed by atoms with E-state index in [1.165, 1.54) is 32.1 Å². The van der Waals surface area contributed by atoms with E-state index >= 15 is 0 Å². The lowest BCUT2D eigenvalue weighted by Gasteiger charge is -2.29. The van der Waals surface area contributed by atoms with Gasteiger partial charge in [0, 0.05) is 24.2 Å². The van der Waals surface area contributed by atoms with E-state index in [0.29, 0.717) is 18.3 Å². The highest BCUT2D eigenvalue weighted by atomic mass is 16.7. The van der Waals surface area contributed by atoms with Gasteiger partial charge in [-0.05, 0) is 24.8 Å². The molecule has 4 nitrogen and oxygen atoms in total. The van der Waals surface area contributed by atoms with Crippen LogP contribution in [0.2, 0.25) is 0 Å². The first kappa shape index (κ1) is 13.6. The van der Waals surface area contributed by atoms with Crippen LogP contribution >= 0.6 is 0 Å². The van der Waals surface area contributed by atoms with E-state index in [2.05, 4.69) is 12.2 Å². The van der Waals surface area contributed by atoms with Crippen LogP contribution in [0.1, 0.15) is 44.6 Å². The quantitative estimate of drug-likeness (QED) is 0.887. The Balaban J connectivity index is 1.61. The van der Waals surface area contributed by atoms with Crippen molar-refractivity contribution >= 4 is 0 Å². The third kappa shape index (κ3) is 2.85. The molecule has 20 heavy (non-hydrogen) atoms. The van der Waals surface area contributed by atoms with Gasteiger partial charge in [-0.2, -0.15) is 0 Å². The summed E-state index contributed by atoms with van der Waals surface area (Å²) in [6.07, 6.45) is 6.43. The summed E-state index contributed by atoms with van der Waals surface area (Å²) in [5.74, 6) is 2.50. The molecule has 1 aromatic rings. The molecule has 2 unspecified atom stereocenters. The maximum atomic E-state index is 10.0. The molecule has 0 amide bonds. The Bertz CT molecular complexity index is 475. The van der Waals surface area contributed by atoms with E-state index < -0.39 is 0 Å². The molecule has 1 aliphatic heterocycles. The van der Waals surface area contributed by atoms with Gasteiger partial charge in [0.2, 0.25) is 6.79 Å². The Hall–Kier alpha value is -1.42. The topological polar surface area (TPSA) is 50.7 Å². The number of benzene rings is 1. The summed E-state index contributed by atoms with van der Waals surface area (Å²) < 4.78 is 10.6. The molecule has 2 N–H and O–H groups in total. The van der Waals surface area contributed by atoms with Crippen molar-refractivity contribution in [3.8, 4) is 17.2 Å². The highest BCUT2D eigenvalue weighted by Crippen LogP contribution is 2.37. The third-order valence-electron chi connectivity index (χ3n) is 4.52. The average Bonchev–Trinajstić information content (AvgIpc) is 2.92. The zero-order valence-electron chi connectivity index (χ0n) is 12.0. The molecule has 1 aliphatic carbocycles. The van der Waals surface area contributed by atoms with Crippen molar-refractivity contribution in [2.75, 3.05) is 6.79 Å². The largest absolute Gasteiger partial charge is 0.507 e. The minimum Gasteiger partial charge on any atom is -0.507 e. The van der Waals surface area contributed by atoms with Crippen molar-refractivity contribution < 1.29 is 14.6 Å². The summed E-state index contributed by atoms with van der Waals surface area (Å²) in [6, 6.07) is 4.10. The van der Waals surface area contributed by atoms with Crippen LogP contribution in [0.15, 0.2) is 12.1 Å². The van der Waals surface area contributed by atoms with E-state index in [0.717, 1.165) is 17.2 Å². The molecular weight excluding hydrogens is 254 g/mol. The van der Waals surface area contributed by atoms with Crippen molar-refractivity contribution in [3.05, 3.63) is 17.7 Å². The second kappa shape index (κ2) is 5.92. The number of phenols is 1. The standard InChI is InChI=1S/C16H23NO3/c1-2-11-4-3-5-13(6-11)17-9-12-7-15-16(8-14(12)18)20-10-19-15/h7-8,11,13,17-18H,2-6,9-10H2,1H3. The number of rotatable bonds is 4. The molecular formula is C16H23NO3. The van der Waals surface area contributed by atoms with Crippen molar-refractivity contribution in [1.82, 2.24) is 5.32 Å². The van der Waals surface area contributed by atoms with Crippen LogP contribution in [-0.2, 0) is 6.54 Å². The molecule has 110 valence electrons. The van der Waals surface area contributed by atoms with Gasteiger partial charge in [-0.15, -0.1) is 0 Å². The van der Waals surface area contributed by atoms with Gasteiger partial charge in [-0.3, -0.25) is 0 Å². The molecule has 3 rings (SSSR count). The lowest BCUT2D eigenvalue weighted by atomic mass is 9.84. The molecule has 0 bridgehead atoms. The SMILES string of the molecule is CCC1CCCC(NCc2cc3c(cc2O)OCO3)C1. The molecule has 0 saturated heterocycles. The molecule has 4 heteroatoms. The number of nitrogens with one attached hydrogen (secondary N) is 1. The number of hydrogen-bond donors (Lipinski definition) is 2. The molecule has 2 atom stereocenters. The summed E-state index contributed by atoms with van der Waals surface area (Å²) in [5.41, 5.74) is 0.882. The molecule has 0 aromatic heterocycles. The highest BCUT2D eigenvalue weighted by molar-refractivity contribution is 5.51. The first-order valence-electron chi connectivity index (χ1n) is 7.61. The van der Waals surface area contributed by atoms with Crippen LogP contribution in [0.25, 0.3) is 0 Å². The van der Waals surface area contributed by atoms with Crippen molar-refractivity contribution in [3.63, 3.8) is 0 Å². The van der Waals surface area contributed by atoms with Gasteiger partial charge in [-0.1, -0.05) is 26.2 Å². The van der Waals surface area contributed by atoms with Crippen LogP contribution in [0.5, 0.6) is 17.2 Å². The Morgan fingerprint density at radius 1 is 1.25 bits per heavy atom. The highest BCUT2D eigenvalue weighted by Gasteiger charge is 2.21. The van der Waals surface area contributed by atoms with Crippen LogP contribution in [-0.4, -0.2) is 17.9 Å². The molecule has 1 aromatic carbocycles. The van der Waals surface area contributed by atoms with Crippen LogP contribution in [0, 0.1) is 5.92 Å². The van der Waals surface area contributed by atoms with E-state index in [-0.39, 0.29) is 12.5 Å². The Kier molecular flexibility index (Phi) is 4.01. The van der Waals surface area contributed by atoms with E-state index in [1.54, 1.807) is 6.07 Å². The fraction of sp³-hybridized carbons (Fsp3) is 0.625. The number of ether oxygens (including phenoxy) is 2. The van der Waals surface area contributed by atoms with Gasteiger partial charge in [-0.25, -0.2) is 0 Å². The second-order valence-electron chi connectivity index (χ2n) is 5.85. The molecule has 2 aliphatic rings. The van der Waals surface area contributed by atoms with Gasteiger partial charge in [0.05, 0.1) is 0 Å².